The average Bonchev–Trinajstić information content (AvgIpc) is 3.79. The molecule has 55 heavy (non-hydrogen) atoms. The van der Waals surface area contributed by atoms with Crippen LogP contribution in [0, 0.1) is 46.8 Å². The molecule has 0 unspecified atom stereocenters. The van der Waals surface area contributed by atoms with Crippen molar-refractivity contribution in [3.63, 3.8) is 0 Å². The number of hydrogen-bond donors (Lipinski definition) is 0. The number of nitrogens with zero attached hydrogens (tertiary/aromatic N) is 5. The first-order valence-corrected chi connectivity index (χ1v) is 18.9. The summed E-state index contributed by atoms with van der Waals surface area (Å²) in [5.41, 5.74) is 13.2. The molecule has 7 heteroatoms. The van der Waals surface area contributed by atoms with E-state index in [9.17, 15) is 2.74 Å². The predicted molar refractivity (Wildman–Crippen MR) is 220 cm³/mol. The molecule has 0 saturated carbocycles. The van der Waals surface area contributed by atoms with Crippen LogP contribution in [-0.2, 0) is 38.6 Å². The van der Waals surface area contributed by atoms with Gasteiger partial charge in [-0.05, 0) is 115 Å². The van der Waals surface area contributed by atoms with E-state index in [4.69, 9.17) is 19.7 Å². The molecule has 0 N–H and O–H groups in total. The van der Waals surface area contributed by atoms with E-state index in [1.807, 2.05) is 46.0 Å². The monoisotopic (exact) mass is 902 g/mol. The average molecular weight is 903 g/mol. The maximum absolute atomic E-state index is 9.40. The molecule has 0 fully saturated rings. The first-order valence-electron chi connectivity index (χ1n) is 19.9. The molecule has 0 radical (unpaired) electrons. The second kappa shape index (κ2) is 12.7. The van der Waals surface area contributed by atoms with Crippen LogP contribution in [0.1, 0.15) is 79.8 Å². The normalized spacial score (nSPS) is 19.3. The minimum absolute atomic E-state index is 0. The van der Waals surface area contributed by atoms with E-state index >= 15 is 0 Å². The maximum atomic E-state index is 9.40. The van der Waals surface area contributed by atoms with Crippen molar-refractivity contribution in [2.75, 3.05) is 0 Å². The summed E-state index contributed by atoms with van der Waals surface area (Å²) < 4.78 is 30.0. The van der Waals surface area contributed by atoms with Gasteiger partial charge in [0, 0.05) is 31.6 Å². The van der Waals surface area contributed by atoms with Crippen molar-refractivity contribution >= 4 is 49.6 Å². The SMILES string of the molecule is [2H]C1([2H])c2cc(C)cc(C)c2C[C@]2(C)OC(c3[c-]c(-n4c5[c-]c(-n6c7ccc(C(C)C)cc7c7cccnc76)ccc5c5cc(C)ccc54)c(C)nc3C)=N[C@@H]12.[Pt+2]. The topological polar surface area (TPSA) is 57.2 Å². The summed E-state index contributed by atoms with van der Waals surface area (Å²) in [7, 11) is 0. The smallest absolute Gasteiger partial charge is 0.512 e. The quantitative estimate of drug-likeness (QED) is 0.165. The van der Waals surface area contributed by atoms with Gasteiger partial charge >= 0.3 is 21.1 Å². The van der Waals surface area contributed by atoms with Gasteiger partial charge in [-0.15, -0.1) is 23.6 Å². The molecule has 10 rings (SSSR count). The molecule has 5 heterocycles. The largest absolute Gasteiger partial charge is 2.00 e. The molecule has 2 atom stereocenters. The summed E-state index contributed by atoms with van der Waals surface area (Å²) in [4.78, 5) is 15.0. The van der Waals surface area contributed by atoms with Crippen LogP contribution in [0.15, 0.2) is 84.0 Å². The van der Waals surface area contributed by atoms with Crippen LogP contribution in [0.25, 0.3) is 55.1 Å². The molecule has 0 bridgehead atoms. The van der Waals surface area contributed by atoms with Crippen molar-refractivity contribution in [1.29, 1.82) is 0 Å². The zero-order valence-electron chi connectivity index (χ0n) is 34.3. The van der Waals surface area contributed by atoms with Crippen molar-refractivity contribution in [3.05, 3.63) is 141 Å². The molecular weight excluding hydrogens is 858 g/mol. The standard InChI is InChI=1S/C48H43N5O.Pt/c1-26(2)32-12-16-41-39(21-32)36-10-9-17-49-46(36)52(41)34-13-14-35-38-20-27(3)11-15-42(38)53(44(35)23-34)43-24-37(30(6)50-31(43)7)47-51-45-22-33-19-28(4)18-29(5)40(33)25-48(45,8)54-47;/h9-21,26,45H,22,25H2,1-8H3;/q-2;+2/t45-,48-;/m0./s1/i22D2;. The number of pyridine rings is 2. The molecule has 276 valence electrons. The number of aryl methyl sites for hydroxylation is 5. The summed E-state index contributed by atoms with van der Waals surface area (Å²) in [5.74, 6) is 0.788. The molecule has 2 aliphatic rings. The van der Waals surface area contributed by atoms with Gasteiger partial charge in [-0.25, -0.2) is 4.98 Å². The van der Waals surface area contributed by atoms with Crippen LogP contribution in [0.5, 0.6) is 0 Å². The van der Waals surface area contributed by atoms with Crippen LogP contribution in [0.2, 0.25) is 0 Å². The fraction of sp³-hybridized carbons (Fsp3) is 0.271. The van der Waals surface area contributed by atoms with Crippen molar-refractivity contribution < 1.29 is 28.5 Å². The van der Waals surface area contributed by atoms with Gasteiger partial charge in [0.2, 0.25) is 0 Å². The van der Waals surface area contributed by atoms with Crippen molar-refractivity contribution in [2.24, 2.45) is 4.99 Å². The Morgan fingerprint density at radius 2 is 1.62 bits per heavy atom. The van der Waals surface area contributed by atoms with Crippen LogP contribution < -0.4 is 0 Å². The Labute approximate surface area is 339 Å². The number of hydrogen-bond acceptors (Lipinski definition) is 4. The minimum atomic E-state index is -1.72. The van der Waals surface area contributed by atoms with Crippen molar-refractivity contribution in [3.8, 4) is 11.4 Å². The van der Waals surface area contributed by atoms with E-state index in [0.29, 0.717) is 29.4 Å². The van der Waals surface area contributed by atoms with E-state index in [1.165, 1.54) is 16.5 Å². The molecule has 8 aromatic rings. The molecule has 6 nitrogen and oxygen atoms in total. The third-order valence-corrected chi connectivity index (χ3v) is 11.6. The van der Waals surface area contributed by atoms with E-state index in [0.717, 1.165) is 77.8 Å². The number of ether oxygens (including phenoxy) is 1. The summed E-state index contributed by atoms with van der Waals surface area (Å²) in [6.45, 7) is 16.6. The number of aromatic nitrogens is 4. The van der Waals surface area contributed by atoms with Crippen LogP contribution in [-0.4, -0.2) is 36.6 Å². The van der Waals surface area contributed by atoms with E-state index < -0.39 is 18.0 Å². The van der Waals surface area contributed by atoms with Gasteiger partial charge in [0.1, 0.15) is 17.1 Å². The number of fused-ring (bicyclic) bond motifs is 8. The number of aliphatic imine (C=N–C) groups is 1. The van der Waals surface area contributed by atoms with Gasteiger partial charge in [0.15, 0.2) is 0 Å². The van der Waals surface area contributed by atoms with Gasteiger partial charge in [-0.3, -0.25) is 4.99 Å². The number of rotatable bonds is 4. The second-order valence-electron chi connectivity index (χ2n) is 15.9. The van der Waals surface area contributed by atoms with Gasteiger partial charge in [0.25, 0.3) is 0 Å². The zero-order chi connectivity index (χ0) is 39.0. The fourth-order valence-electron chi connectivity index (χ4n) is 8.81. The molecule has 4 aromatic heterocycles. The Hall–Kier alpha value is -5.06. The van der Waals surface area contributed by atoms with E-state index in [2.05, 4.69) is 110 Å². The van der Waals surface area contributed by atoms with E-state index in [1.54, 1.807) is 0 Å². The summed E-state index contributed by atoms with van der Waals surface area (Å²) >= 11 is 0. The Bertz CT molecular complexity index is 3030. The van der Waals surface area contributed by atoms with Crippen molar-refractivity contribution in [2.45, 2.75) is 85.7 Å². The number of benzene rings is 4. The van der Waals surface area contributed by atoms with Gasteiger partial charge in [-0.1, -0.05) is 85.9 Å². The van der Waals surface area contributed by atoms with Gasteiger partial charge < -0.3 is 18.9 Å². The predicted octanol–water partition coefficient (Wildman–Crippen LogP) is 10.6. The molecule has 1 aliphatic heterocycles. The molecule has 0 spiro atoms. The van der Waals surface area contributed by atoms with Gasteiger partial charge in [-0.2, -0.15) is 6.07 Å². The molecule has 0 amide bonds. The fourth-order valence-corrected chi connectivity index (χ4v) is 8.81. The summed E-state index contributed by atoms with van der Waals surface area (Å²) in [6.07, 6.45) is 0.703. The van der Waals surface area contributed by atoms with Crippen LogP contribution in [0.3, 0.4) is 0 Å². The first-order chi connectivity index (χ1) is 26.7. The summed E-state index contributed by atoms with van der Waals surface area (Å²) in [6, 6.07) is 32.7. The summed E-state index contributed by atoms with van der Waals surface area (Å²) in [5, 5.41) is 4.47. The van der Waals surface area contributed by atoms with Crippen LogP contribution >= 0.6 is 0 Å². The minimum Gasteiger partial charge on any atom is -0.512 e. The zero-order valence-corrected chi connectivity index (χ0v) is 34.6. The molecule has 0 saturated heterocycles. The van der Waals surface area contributed by atoms with E-state index in [-0.39, 0.29) is 21.1 Å². The third-order valence-electron chi connectivity index (χ3n) is 11.6. The van der Waals surface area contributed by atoms with Crippen LogP contribution in [0.4, 0.5) is 0 Å². The Morgan fingerprint density at radius 3 is 2.44 bits per heavy atom. The first kappa shape index (κ1) is 33.3. The Kier molecular flexibility index (Phi) is 7.71. The maximum Gasteiger partial charge on any atom is 2.00 e. The third kappa shape index (κ3) is 5.43. The molecule has 1 aliphatic carbocycles. The second-order valence-corrected chi connectivity index (χ2v) is 15.9. The molecule has 4 aromatic carbocycles. The Morgan fingerprint density at radius 1 is 0.836 bits per heavy atom. The van der Waals surface area contributed by atoms with Crippen molar-refractivity contribution in [1.82, 2.24) is 19.1 Å². The Balaban J connectivity index is 0.00000422. The van der Waals surface area contributed by atoms with Gasteiger partial charge in [0.05, 0.1) is 11.6 Å². The molecular formula is C48H43N5OPt.